The molecule has 0 saturated carbocycles. The molecule has 150 valence electrons. The van der Waals surface area contributed by atoms with Crippen LogP contribution in [0, 0.1) is 0 Å². The smallest absolute Gasteiger partial charge is 0.263 e. The molecule has 7 nitrogen and oxygen atoms in total. The first-order chi connectivity index (χ1) is 14.6. The predicted octanol–water partition coefficient (Wildman–Crippen LogP) is 3.81. The van der Waals surface area contributed by atoms with Gasteiger partial charge in [0.05, 0.1) is 5.69 Å². The minimum Gasteiger partial charge on any atom is -0.328 e. The van der Waals surface area contributed by atoms with Gasteiger partial charge >= 0.3 is 0 Å². The van der Waals surface area contributed by atoms with Gasteiger partial charge in [-0.25, -0.2) is 4.98 Å². The highest BCUT2D eigenvalue weighted by molar-refractivity contribution is 7.14. The number of pyridine rings is 1. The molecular formula is C22H18N4O3S. The summed E-state index contributed by atoms with van der Waals surface area (Å²) in [7, 11) is 0. The maximum absolute atomic E-state index is 12.4. The summed E-state index contributed by atoms with van der Waals surface area (Å²) in [6, 6.07) is 16.7. The van der Waals surface area contributed by atoms with Crippen LogP contribution in [-0.2, 0) is 11.2 Å². The topological polar surface area (TPSA) is 104 Å². The summed E-state index contributed by atoms with van der Waals surface area (Å²) >= 11 is 1.25. The first kappa shape index (κ1) is 19.5. The zero-order valence-corrected chi connectivity index (χ0v) is 16.7. The van der Waals surface area contributed by atoms with E-state index >= 15 is 0 Å². The molecular weight excluding hydrogens is 400 g/mol. The van der Waals surface area contributed by atoms with Crippen LogP contribution in [0.1, 0.15) is 22.5 Å². The number of benzene rings is 2. The molecule has 30 heavy (non-hydrogen) atoms. The molecule has 0 aliphatic carbocycles. The molecule has 0 aliphatic heterocycles. The number of aryl methyl sites for hydroxylation is 1. The van der Waals surface area contributed by atoms with E-state index in [1.54, 1.807) is 11.4 Å². The van der Waals surface area contributed by atoms with Gasteiger partial charge in [-0.3, -0.25) is 19.7 Å². The Hall–Kier alpha value is -3.78. The van der Waals surface area contributed by atoms with Gasteiger partial charge in [0.15, 0.2) is 5.13 Å². The fourth-order valence-corrected chi connectivity index (χ4v) is 3.77. The van der Waals surface area contributed by atoms with Crippen molar-refractivity contribution in [1.82, 2.24) is 9.97 Å². The lowest BCUT2D eigenvalue weighted by Crippen LogP contribution is -2.22. The molecule has 2 heterocycles. The Kier molecular flexibility index (Phi) is 5.67. The first-order valence-electron chi connectivity index (χ1n) is 9.31. The van der Waals surface area contributed by atoms with Crippen LogP contribution in [0.15, 0.2) is 71.0 Å². The molecule has 0 unspecified atom stereocenters. The fraction of sp³-hybridized carbons (Fsp3) is 0.0909. The fourth-order valence-electron chi connectivity index (χ4n) is 3.03. The molecule has 2 amide bonds. The Balaban J connectivity index is 1.35. The number of carbonyl (C=O) groups is 2. The summed E-state index contributed by atoms with van der Waals surface area (Å²) in [4.78, 5) is 43.1. The van der Waals surface area contributed by atoms with Crippen molar-refractivity contribution < 1.29 is 9.59 Å². The van der Waals surface area contributed by atoms with E-state index in [0.717, 1.165) is 16.5 Å². The van der Waals surface area contributed by atoms with Crippen molar-refractivity contribution in [2.24, 2.45) is 0 Å². The van der Waals surface area contributed by atoms with Crippen LogP contribution in [0.4, 0.5) is 10.8 Å². The number of carbonyl (C=O) groups excluding carboxylic acids is 2. The number of aromatic nitrogens is 2. The van der Waals surface area contributed by atoms with Gasteiger partial charge in [0, 0.05) is 29.1 Å². The number of anilines is 2. The molecule has 0 radical (unpaired) electrons. The van der Waals surface area contributed by atoms with Crippen molar-refractivity contribution in [3.05, 3.63) is 87.8 Å². The van der Waals surface area contributed by atoms with E-state index in [-0.39, 0.29) is 17.9 Å². The second-order valence-corrected chi connectivity index (χ2v) is 7.44. The lowest BCUT2D eigenvalue weighted by atomic mass is 10.1. The van der Waals surface area contributed by atoms with E-state index in [4.69, 9.17) is 0 Å². The number of rotatable bonds is 6. The third-order valence-corrected chi connectivity index (χ3v) is 5.31. The maximum atomic E-state index is 12.4. The molecule has 2 aromatic carbocycles. The molecule has 0 fully saturated rings. The van der Waals surface area contributed by atoms with Crippen molar-refractivity contribution >= 4 is 44.7 Å². The Morgan fingerprint density at radius 1 is 1.00 bits per heavy atom. The van der Waals surface area contributed by atoms with Crippen LogP contribution < -0.4 is 16.2 Å². The quantitative estimate of drug-likeness (QED) is 0.443. The van der Waals surface area contributed by atoms with Crippen LogP contribution >= 0.6 is 11.3 Å². The third kappa shape index (κ3) is 4.44. The average Bonchev–Trinajstić information content (AvgIpc) is 3.20. The Labute approximate surface area is 175 Å². The van der Waals surface area contributed by atoms with Gasteiger partial charge in [0.25, 0.3) is 11.5 Å². The van der Waals surface area contributed by atoms with E-state index in [1.807, 2.05) is 42.5 Å². The highest BCUT2D eigenvalue weighted by Crippen LogP contribution is 2.23. The lowest BCUT2D eigenvalue weighted by molar-refractivity contribution is -0.116. The molecule has 4 aromatic rings. The molecule has 3 N–H and O–H groups in total. The second kappa shape index (κ2) is 8.71. The van der Waals surface area contributed by atoms with Gasteiger partial charge < -0.3 is 10.3 Å². The van der Waals surface area contributed by atoms with Gasteiger partial charge in [-0.15, -0.1) is 11.3 Å². The molecule has 0 spiro atoms. The zero-order chi connectivity index (χ0) is 20.9. The lowest BCUT2D eigenvalue weighted by Gasteiger charge is -2.08. The van der Waals surface area contributed by atoms with Gasteiger partial charge in [0.2, 0.25) is 5.91 Å². The average molecular weight is 418 g/mol. The van der Waals surface area contributed by atoms with Gasteiger partial charge in [-0.05, 0) is 30.0 Å². The number of H-pyrrole nitrogens is 1. The standard InChI is InChI=1S/C22H18N4O3S/c27-19(25-18-9-3-6-14-5-1-2-7-16(14)18)11-10-15-13-30-22(24-15)26-21(29)17-8-4-12-23-20(17)28/h1-9,12-13H,10-11H2,(H,23,28)(H,25,27)(H,24,26,29). The number of hydrogen-bond acceptors (Lipinski definition) is 5. The number of amides is 2. The predicted molar refractivity (Wildman–Crippen MR) is 118 cm³/mol. The van der Waals surface area contributed by atoms with Gasteiger partial charge in [-0.2, -0.15) is 0 Å². The second-order valence-electron chi connectivity index (χ2n) is 6.59. The Morgan fingerprint density at radius 2 is 1.83 bits per heavy atom. The van der Waals surface area contributed by atoms with Crippen LogP contribution in [0.3, 0.4) is 0 Å². The Morgan fingerprint density at radius 3 is 2.70 bits per heavy atom. The number of nitrogens with zero attached hydrogens (tertiary/aromatic N) is 1. The van der Waals surface area contributed by atoms with Crippen molar-refractivity contribution in [1.29, 1.82) is 0 Å². The number of thiazole rings is 1. The number of nitrogens with one attached hydrogen (secondary N) is 3. The zero-order valence-electron chi connectivity index (χ0n) is 15.8. The van der Waals surface area contributed by atoms with E-state index < -0.39 is 11.5 Å². The molecule has 8 heteroatoms. The molecule has 0 aliphatic rings. The van der Waals surface area contributed by atoms with Crippen LogP contribution in [0.2, 0.25) is 0 Å². The summed E-state index contributed by atoms with van der Waals surface area (Å²) in [6.07, 6.45) is 2.16. The summed E-state index contributed by atoms with van der Waals surface area (Å²) < 4.78 is 0. The van der Waals surface area contributed by atoms with Gasteiger partial charge in [-0.1, -0.05) is 36.4 Å². The third-order valence-electron chi connectivity index (χ3n) is 4.51. The van der Waals surface area contributed by atoms with Crippen molar-refractivity contribution in [3.8, 4) is 0 Å². The van der Waals surface area contributed by atoms with Gasteiger partial charge in [0.1, 0.15) is 5.56 Å². The molecule has 0 saturated heterocycles. The number of aromatic amines is 1. The normalized spacial score (nSPS) is 10.7. The van der Waals surface area contributed by atoms with Crippen LogP contribution in [0.5, 0.6) is 0 Å². The minimum atomic E-state index is -0.522. The highest BCUT2D eigenvalue weighted by atomic mass is 32.1. The first-order valence-corrected chi connectivity index (χ1v) is 10.2. The van der Waals surface area contributed by atoms with Crippen molar-refractivity contribution in [3.63, 3.8) is 0 Å². The largest absolute Gasteiger partial charge is 0.328 e. The Bertz CT molecular complexity index is 1270. The highest BCUT2D eigenvalue weighted by Gasteiger charge is 2.13. The van der Waals surface area contributed by atoms with Crippen molar-refractivity contribution in [2.75, 3.05) is 10.6 Å². The van der Waals surface area contributed by atoms with E-state index in [2.05, 4.69) is 20.6 Å². The van der Waals surface area contributed by atoms with Crippen LogP contribution in [-0.4, -0.2) is 21.8 Å². The van der Waals surface area contributed by atoms with E-state index in [0.29, 0.717) is 17.2 Å². The van der Waals surface area contributed by atoms with Crippen LogP contribution in [0.25, 0.3) is 10.8 Å². The number of fused-ring (bicyclic) bond motifs is 1. The van der Waals surface area contributed by atoms with E-state index in [1.165, 1.54) is 23.6 Å². The minimum absolute atomic E-state index is 0.0173. The van der Waals surface area contributed by atoms with Crippen molar-refractivity contribution in [2.45, 2.75) is 12.8 Å². The summed E-state index contributed by atoms with van der Waals surface area (Å²) in [5, 5.41) is 9.79. The monoisotopic (exact) mass is 418 g/mol. The SMILES string of the molecule is O=C(CCc1csc(NC(=O)c2ccc[nH]c2=O)n1)Nc1cccc2ccccc12. The molecule has 0 bridgehead atoms. The summed E-state index contributed by atoms with van der Waals surface area (Å²) in [5.74, 6) is -0.632. The maximum Gasteiger partial charge on any atom is 0.263 e. The molecule has 2 aromatic heterocycles. The summed E-state index contributed by atoms with van der Waals surface area (Å²) in [5.41, 5.74) is 1.03. The van der Waals surface area contributed by atoms with E-state index in [9.17, 15) is 14.4 Å². The molecule has 4 rings (SSSR count). The molecule has 0 atom stereocenters. The number of hydrogen-bond donors (Lipinski definition) is 3. The summed E-state index contributed by atoms with van der Waals surface area (Å²) in [6.45, 7) is 0.